The predicted octanol–water partition coefficient (Wildman–Crippen LogP) is 2.12. The molecule has 0 atom stereocenters. The SMILES string of the molecule is Cc1cc(C)nc(-n2cc(N)c(-c3ccco3)n2)n1. The zero-order valence-electron chi connectivity index (χ0n) is 10.7. The summed E-state index contributed by atoms with van der Waals surface area (Å²) in [6.45, 7) is 3.83. The number of furan rings is 1. The van der Waals surface area contributed by atoms with Crippen molar-refractivity contribution in [2.45, 2.75) is 13.8 Å². The first kappa shape index (κ1) is 11.5. The standard InChI is InChI=1S/C13H13N5O/c1-8-6-9(2)16-13(15-8)18-7-10(14)12(17-18)11-4-3-5-19-11/h3-7H,14H2,1-2H3. The van der Waals surface area contributed by atoms with Crippen molar-refractivity contribution in [3.8, 4) is 17.4 Å². The molecule has 0 unspecified atom stereocenters. The minimum atomic E-state index is 0.502. The van der Waals surface area contributed by atoms with Crippen molar-refractivity contribution >= 4 is 5.69 Å². The molecule has 2 N–H and O–H groups in total. The molecule has 96 valence electrons. The highest BCUT2D eigenvalue weighted by Gasteiger charge is 2.13. The van der Waals surface area contributed by atoms with E-state index in [0.29, 0.717) is 23.1 Å². The average Bonchev–Trinajstić information content (AvgIpc) is 2.96. The Morgan fingerprint density at radius 2 is 1.95 bits per heavy atom. The van der Waals surface area contributed by atoms with Crippen molar-refractivity contribution < 1.29 is 4.42 Å². The smallest absolute Gasteiger partial charge is 0.251 e. The number of anilines is 1. The van der Waals surface area contributed by atoms with E-state index in [4.69, 9.17) is 10.2 Å². The third-order valence-electron chi connectivity index (χ3n) is 2.67. The highest BCUT2D eigenvalue weighted by Crippen LogP contribution is 2.25. The number of aromatic nitrogens is 4. The molecule has 0 saturated carbocycles. The number of nitrogen functional groups attached to an aromatic ring is 1. The van der Waals surface area contributed by atoms with Gasteiger partial charge >= 0.3 is 0 Å². The van der Waals surface area contributed by atoms with Crippen LogP contribution in [0.3, 0.4) is 0 Å². The molecule has 0 aliphatic heterocycles. The van der Waals surface area contributed by atoms with E-state index in [-0.39, 0.29) is 0 Å². The lowest BCUT2D eigenvalue weighted by atomic mass is 10.3. The monoisotopic (exact) mass is 255 g/mol. The molecule has 0 fully saturated rings. The molecule has 0 amide bonds. The van der Waals surface area contributed by atoms with Gasteiger partial charge in [0.1, 0.15) is 0 Å². The molecule has 3 rings (SSSR count). The summed E-state index contributed by atoms with van der Waals surface area (Å²) in [4.78, 5) is 8.69. The van der Waals surface area contributed by atoms with Gasteiger partial charge in [-0.25, -0.2) is 14.6 Å². The Bertz CT molecular complexity index is 694. The second-order valence-electron chi connectivity index (χ2n) is 4.31. The van der Waals surface area contributed by atoms with Gasteiger partial charge in [0.25, 0.3) is 5.95 Å². The third kappa shape index (κ3) is 2.08. The van der Waals surface area contributed by atoms with Crippen LogP contribution in [0.1, 0.15) is 11.4 Å². The van der Waals surface area contributed by atoms with Gasteiger partial charge in [-0.2, -0.15) is 5.10 Å². The molecule has 0 spiro atoms. The van der Waals surface area contributed by atoms with Crippen LogP contribution >= 0.6 is 0 Å². The molecule has 0 aromatic carbocycles. The summed E-state index contributed by atoms with van der Waals surface area (Å²) in [6.07, 6.45) is 3.27. The highest BCUT2D eigenvalue weighted by atomic mass is 16.3. The number of hydrogen-bond donors (Lipinski definition) is 1. The van der Waals surface area contributed by atoms with E-state index in [9.17, 15) is 0 Å². The molecule has 3 aromatic rings. The van der Waals surface area contributed by atoms with Crippen LogP contribution in [0.5, 0.6) is 0 Å². The summed E-state index contributed by atoms with van der Waals surface area (Å²) >= 11 is 0. The Hall–Kier alpha value is -2.63. The van der Waals surface area contributed by atoms with Crippen molar-refractivity contribution in [3.63, 3.8) is 0 Å². The fourth-order valence-electron chi connectivity index (χ4n) is 1.90. The van der Waals surface area contributed by atoms with Crippen molar-refractivity contribution in [1.29, 1.82) is 0 Å². The number of nitrogens with zero attached hydrogens (tertiary/aromatic N) is 4. The Morgan fingerprint density at radius 1 is 1.21 bits per heavy atom. The maximum Gasteiger partial charge on any atom is 0.251 e. The van der Waals surface area contributed by atoms with Gasteiger partial charge in [0.2, 0.25) is 0 Å². The zero-order valence-corrected chi connectivity index (χ0v) is 10.7. The van der Waals surface area contributed by atoms with Crippen LogP contribution in [-0.4, -0.2) is 19.7 Å². The minimum absolute atomic E-state index is 0.502. The van der Waals surface area contributed by atoms with E-state index in [0.717, 1.165) is 11.4 Å². The third-order valence-corrected chi connectivity index (χ3v) is 2.67. The highest BCUT2D eigenvalue weighted by molar-refractivity contribution is 5.68. The van der Waals surface area contributed by atoms with Gasteiger partial charge in [-0.15, -0.1) is 0 Å². The van der Waals surface area contributed by atoms with Crippen LogP contribution < -0.4 is 5.73 Å². The van der Waals surface area contributed by atoms with Crippen LogP contribution in [0.15, 0.2) is 35.1 Å². The van der Waals surface area contributed by atoms with Crippen molar-refractivity contribution in [3.05, 3.63) is 42.0 Å². The maximum atomic E-state index is 5.95. The van der Waals surface area contributed by atoms with Crippen LogP contribution in [0, 0.1) is 13.8 Å². The van der Waals surface area contributed by atoms with Crippen molar-refractivity contribution in [2.75, 3.05) is 5.73 Å². The fraction of sp³-hybridized carbons (Fsp3) is 0.154. The number of aryl methyl sites for hydroxylation is 2. The molecule has 3 heterocycles. The Morgan fingerprint density at radius 3 is 2.58 bits per heavy atom. The normalized spacial score (nSPS) is 10.8. The lowest BCUT2D eigenvalue weighted by Gasteiger charge is -2.01. The summed E-state index contributed by atoms with van der Waals surface area (Å²) in [5.74, 6) is 1.13. The van der Waals surface area contributed by atoms with Crippen LogP contribution in [-0.2, 0) is 0 Å². The topological polar surface area (TPSA) is 82.8 Å². The average molecular weight is 255 g/mol. The molecule has 0 bridgehead atoms. The number of rotatable bonds is 2. The first-order valence-electron chi connectivity index (χ1n) is 5.85. The van der Waals surface area contributed by atoms with Crippen LogP contribution in [0.25, 0.3) is 17.4 Å². The van der Waals surface area contributed by atoms with Crippen molar-refractivity contribution in [2.24, 2.45) is 0 Å². The van der Waals surface area contributed by atoms with Gasteiger partial charge < -0.3 is 10.2 Å². The molecule has 6 heteroatoms. The summed E-state index contributed by atoms with van der Waals surface area (Å²) in [5, 5.41) is 4.38. The summed E-state index contributed by atoms with van der Waals surface area (Å²) in [5.41, 5.74) is 8.83. The Balaban J connectivity index is 2.09. The Labute approximate surface area is 109 Å². The van der Waals surface area contributed by atoms with E-state index in [1.165, 1.54) is 0 Å². The predicted molar refractivity (Wildman–Crippen MR) is 70.7 cm³/mol. The molecule has 0 saturated heterocycles. The quantitative estimate of drug-likeness (QED) is 0.758. The molecule has 0 radical (unpaired) electrons. The van der Waals surface area contributed by atoms with Gasteiger partial charge in [0, 0.05) is 11.4 Å². The molecular formula is C13H13N5O. The minimum Gasteiger partial charge on any atom is -0.463 e. The summed E-state index contributed by atoms with van der Waals surface area (Å²) < 4.78 is 6.86. The van der Waals surface area contributed by atoms with Gasteiger partial charge in [0.05, 0.1) is 18.1 Å². The Kier molecular flexibility index (Phi) is 2.56. The second kappa shape index (κ2) is 4.24. The van der Waals surface area contributed by atoms with Crippen LogP contribution in [0.4, 0.5) is 5.69 Å². The number of nitrogens with two attached hydrogens (primary N) is 1. The molecule has 3 aromatic heterocycles. The fourth-order valence-corrected chi connectivity index (χ4v) is 1.90. The van der Waals surface area contributed by atoms with Crippen LogP contribution in [0.2, 0.25) is 0 Å². The summed E-state index contributed by atoms with van der Waals surface area (Å²) in [6, 6.07) is 5.51. The molecule has 0 aliphatic rings. The lowest BCUT2D eigenvalue weighted by Crippen LogP contribution is -2.04. The molecule has 6 nitrogen and oxygen atoms in total. The first-order valence-corrected chi connectivity index (χ1v) is 5.85. The summed E-state index contributed by atoms with van der Waals surface area (Å²) in [7, 11) is 0. The molecule has 0 aliphatic carbocycles. The molecular weight excluding hydrogens is 242 g/mol. The lowest BCUT2D eigenvalue weighted by molar-refractivity contribution is 0.579. The largest absolute Gasteiger partial charge is 0.463 e. The van der Waals surface area contributed by atoms with E-state index in [2.05, 4.69) is 15.1 Å². The zero-order chi connectivity index (χ0) is 13.4. The van der Waals surface area contributed by atoms with E-state index in [1.54, 1.807) is 23.2 Å². The van der Waals surface area contributed by atoms with Gasteiger partial charge in [0.15, 0.2) is 11.5 Å². The van der Waals surface area contributed by atoms with E-state index in [1.807, 2.05) is 26.0 Å². The van der Waals surface area contributed by atoms with Gasteiger partial charge in [-0.1, -0.05) is 0 Å². The van der Waals surface area contributed by atoms with Gasteiger partial charge in [-0.3, -0.25) is 0 Å². The number of hydrogen-bond acceptors (Lipinski definition) is 5. The van der Waals surface area contributed by atoms with E-state index < -0.39 is 0 Å². The van der Waals surface area contributed by atoms with Gasteiger partial charge in [-0.05, 0) is 32.0 Å². The first-order chi connectivity index (χ1) is 9.13. The van der Waals surface area contributed by atoms with Crippen molar-refractivity contribution in [1.82, 2.24) is 19.7 Å². The molecule has 19 heavy (non-hydrogen) atoms. The second-order valence-corrected chi connectivity index (χ2v) is 4.31. The maximum absolute atomic E-state index is 5.95. The van der Waals surface area contributed by atoms with E-state index >= 15 is 0 Å².